The van der Waals surface area contributed by atoms with Crippen molar-refractivity contribution in [3.63, 3.8) is 0 Å². The van der Waals surface area contributed by atoms with Gasteiger partial charge in [0, 0.05) is 29.6 Å². The minimum atomic E-state index is -0.441. The molecule has 0 saturated carbocycles. The zero-order chi connectivity index (χ0) is 19.8. The SMILES string of the molecule is CCN(CC)CCNC(=O)c1ccc(Sc2ccc(C)cc2)c([N+](=O)[O-])c1. The van der Waals surface area contributed by atoms with E-state index in [2.05, 4.69) is 24.1 Å². The molecule has 0 heterocycles. The van der Waals surface area contributed by atoms with E-state index in [1.807, 2.05) is 31.2 Å². The fourth-order valence-corrected chi connectivity index (χ4v) is 3.49. The second-order valence-electron chi connectivity index (χ2n) is 6.14. The van der Waals surface area contributed by atoms with Gasteiger partial charge in [0.1, 0.15) is 0 Å². The van der Waals surface area contributed by atoms with Gasteiger partial charge in [-0.15, -0.1) is 0 Å². The van der Waals surface area contributed by atoms with Gasteiger partial charge in [-0.1, -0.05) is 43.3 Å². The number of likely N-dealkylation sites (N-methyl/N-ethyl adjacent to an activating group) is 1. The van der Waals surface area contributed by atoms with Crippen LogP contribution in [0.5, 0.6) is 0 Å². The zero-order valence-corrected chi connectivity index (χ0v) is 16.7. The average Bonchev–Trinajstić information content (AvgIpc) is 2.67. The van der Waals surface area contributed by atoms with E-state index in [-0.39, 0.29) is 11.6 Å². The summed E-state index contributed by atoms with van der Waals surface area (Å²) in [6, 6.07) is 12.4. The Labute approximate surface area is 164 Å². The Bertz CT molecular complexity index is 790. The largest absolute Gasteiger partial charge is 0.351 e. The molecule has 0 fully saturated rings. The summed E-state index contributed by atoms with van der Waals surface area (Å²) in [5.74, 6) is -0.294. The number of aryl methyl sites for hydroxylation is 1. The van der Waals surface area contributed by atoms with Gasteiger partial charge < -0.3 is 10.2 Å². The molecule has 0 aliphatic rings. The summed E-state index contributed by atoms with van der Waals surface area (Å²) in [4.78, 5) is 27.0. The third-order valence-electron chi connectivity index (χ3n) is 4.27. The van der Waals surface area contributed by atoms with E-state index in [4.69, 9.17) is 0 Å². The molecule has 6 nitrogen and oxygen atoms in total. The first kappa shape index (κ1) is 20.9. The lowest BCUT2D eigenvalue weighted by Crippen LogP contribution is -2.34. The van der Waals surface area contributed by atoms with Crippen molar-refractivity contribution in [3.8, 4) is 0 Å². The number of carbonyl (C=O) groups excluding carboxylic acids is 1. The maximum atomic E-state index is 12.3. The third-order valence-corrected chi connectivity index (χ3v) is 5.35. The van der Waals surface area contributed by atoms with E-state index < -0.39 is 4.92 Å². The summed E-state index contributed by atoms with van der Waals surface area (Å²) in [7, 11) is 0. The number of nitrogens with one attached hydrogen (secondary N) is 1. The number of hydrogen-bond acceptors (Lipinski definition) is 5. The fourth-order valence-electron chi connectivity index (χ4n) is 2.59. The van der Waals surface area contributed by atoms with Gasteiger partial charge >= 0.3 is 0 Å². The first-order valence-electron chi connectivity index (χ1n) is 8.98. The van der Waals surface area contributed by atoms with Crippen molar-refractivity contribution < 1.29 is 9.72 Å². The van der Waals surface area contributed by atoms with Gasteiger partial charge in [0.2, 0.25) is 0 Å². The van der Waals surface area contributed by atoms with Gasteiger partial charge in [-0.2, -0.15) is 0 Å². The number of hydrogen-bond donors (Lipinski definition) is 1. The van der Waals surface area contributed by atoms with Crippen LogP contribution in [0.2, 0.25) is 0 Å². The van der Waals surface area contributed by atoms with Crippen LogP contribution in [0.1, 0.15) is 29.8 Å². The highest BCUT2D eigenvalue weighted by Gasteiger charge is 2.18. The molecule has 0 aliphatic carbocycles. The first-order valence-corrected chi connectivity index (χ1v) is 9.79. The summed E-state index contributed by atoms with van der Waals surface area (Å²) in [6.07, 6.45) is 0. The average molecular weight is 388 g/mol. The molecule has 0 saturated heterocycles. The van der Waals surface area contributed by atoms with Crippen LogP contribution >= 0.6 is 11.8 Å². The number of benzene rings is 2. The molecule has 0 spiro atoms. The highest BCUT2D eigenvalue weighted by atomic mass is 32.2. The number of nitro groups is 1. The van der Waals surface area contributed by atoms with Gasteiger partial charge in [-0.25, -0.2) is 0 Å². The van der Waals surface area contributed by atoms with E-state index in [0.717, 1.165) is 30.1 Å². The molecule has 2 aromatic rings. The second kappa shape index (κ2) is 10.1. The fraction of sp³-hybridized carbons (Fsp3) is 0.350. The normalized spacial score (nSPS) is 10.8. The Morgan fingerprint density at radius 3 is 2.41 bits per heavy atom. The maximum absolute atomic E-state index is 12.3. The maximum Gasteiger partial charge on any atom is 0.284 e. The number of nitro benzene ring substituents is 1. The van der Waals surface area contributed by atoms with Crippen LogP contribution in [0, 0.1) is 17.0 Å². The molecule has 27 heavy (non-hydrogen) atoms. The quantitative estimate of drug-likeness (QED) is 0.517. The number of amides is 1. The molecular weight excluding hydrogens is 362 g/mol. The molecule has 7 heteroatoms. The lowest BCUT2D eigenvalue weighted by Gasteiger charge is -2.18. The van der Waals surface area contributed by atoms with E-state index in [1.54, 1.807) is 12.1 Å². The lowest BCUT2D eigenvalue weighted by molar-refractivity contribution is -0.387. The van der Waals surface area contributed by atoms with Crippen LogP contribution in [-0.4, -0.2) is 41.9 Å². The summed E-state index contributed by atoms with van der Waals surface area (Å²) >= 11 is 1.32. The predicted octanol–water partition coefficient (Wildman–Crippen LogP) is 4.13. The molecule has 0 unspecified atom stereocenters. The van der Waals surface area contributed by atoms with Gasteiger partial charge in [-0.05, 0) is 44.3 Å². The topological polar surface area (TPSA) is 75.5 Å². The Balaban J connectivity index is 2.10. The summed E-state index contributed by atoms with van der Waals surface area (Å²) in [5.41, 5.74) is 1.37. The minimum Gasteiger partial charge on any atom is -0.351 e. The standard InChI is InChI=1S/C20H25N3O3S/c1-4-22(5-2)13-12-21-20(24)16-8-11-19(18(14-16)23(25)26)27-17-9-6-15(3)7-10-17/h6-11,14H,4-5,12-13H2,1-3H3,(H,21,24). The van der Waals surface area contributed by atoms with Crippen molar-refractivity contribution in [2.45, 2.75) is 30.6 Å². The van der Waals surface area contributed by atoms with E-state index in [1.165, 1.54) is 17.8 Å². The van der Waals surface area contributed by atoms with Gasteiger partial charge in [-0.3, -0.25) is 14.9 Å². The highest BCUT2D eigenvalue weighted by molar-refractivity contribution is 7.99. The first-order chi connectivity index (χ1) is 12.9. The number of rotatable bonds is 9. The van der Waals surface area contributed by atoms with Crippen molar-refractivity contribution in [3.05, 3.63) is 63.7 Å². The Morgan fingerprint density at radius 2 is 1.81 bits per heavy atom. The van der Waals surface area contributed by atoms with Gasteiger partial charge in [0.05, 0.1) is 9.82 Å². The Kier molecular flexibility index (Phi) is 7.82. The van der Waals surface area contributed by atoms with Crippen LogP contribution in [0.4, 0.5) is 5.69 Å². The van der Waals surface area contributed by atoms with Crippen molar-refractivity contribution in [1.82, 2.24) is 10.2 Å². The van der Waals surface area contributed by atoms with E-state index >= 15 is 0 Å². The molecular formula is C20H25N3O3S. The Morgan fingerprint density at radius 1 is 1.15 bits per heavy atom. The zero-order valence-electron chi connectivity index (χ0n) is 15.9. The smallest absolute Gasteiger partial charge is 0.284 e. The second-order valence-corrected chi connectivity index (χ2v) is 7.25. The van der Waals surface area contributed by atoms with E-state index in [0.29, 0.717) is 17.0 Å². The number of carbonyl (C=O) groups is 1. The van der Waals surface area contributed by atoms with Crippen LogP contribution in [0.25, 0.3) is 0 Å². The highest BCUT2D eigenvalue weighted by Crippen LogP contribution is 2.35. The molecule has 2 rings (SSSR count). The molecule has 0 bridgehead atoms. The monoisotopic (exact) mass is 387 g/mol. The lowest BCUT2D eigenvalue weighted by atomic mass is 10.2. The Hall–Kier alpha value is -2.38. The summed E-state index contributed by atoms with van der Waals surface area (Å²) < 4.78 is 0. The third kappa shape index (κ3) is 6.08. The van der Waals surface area contributed by atoms with Gasteiger partial charge in [0.25, 0.3) is 11.6 Å². The molecule has 0 aliphatic heterocycles. The number of nitrogens with zero attached hydrogens (tertiary/aromatic N) is 2. The molecule has 1 amide bonds. The minimum absolute atomic E-state index is 0.0584. The van der Waals surface area contributed by atoms with Crippen molar-refractivity contribution in [2.75, 3.05) is 26.2 Å². The van der Waals surface area contributed by atoms with Crippen molar-refractivity contribution in [2.24, 2.45) is 0 Å². The molecule has 0 aromatic heterocycles. The van der Waals surface area contributed by atoms with Crippen LogP contribution in [0.15, 0.2) is 52.3 Å². The van der Waals surface area contributed by atoms with Crippen LogP contribution in [-0.2, 0) is 0 Å². The summed E-state index contributed by atoms with van der Waals surface area (Å²) in [5, 5.41) is 14.3. The molecule has 1 N–H and O–H groups in total. The van der Waals surface area contributed by atoms with Crippen molar-refractivity contribution in [1.29, 1.82) is 0 Å². The molecule has 0 radical (unpaired) electrons. The predicted molar refractivity (Wildman–Crippen MR) is 109 cm³/mol. The summed E-state index contributed by atoms with van der Waals surface area (Å²) in [6.45, 7) is 9.23. The molecule has 2 aromatic carbocycles. The van der Waals surface area contributed by atoms with E-state index in [9.17, 15) is 14.9 Å². The van der Waals surface area contributed by atoms with Crippen LogP contribution < -0.4 is 5.32 Å². The van der Waals surface area contributed by atoms with Gasteiger partial charge in [0.15, 0.2) is 0 Å². The van der Waals surface area contributed by atoms with Crippen LogP contribution in [0.3, 0.4) is 0 Å². The molecule has 0 atom stereocenters. The molecule has 144 valence electrons. The van der Waals surface area contributed by atoms with Crippen molar-refractivity contribution >= 4 is 23.4 Å².